The molecule has 0 aromatic rings. The first kappa shape index (κ1) is 67.0. The minimum atomic E-state index is -1.99. The van der Waals surface area contributed by atoms with Crippen LogP contribution >= 0.6 is 0 Å². The van der Waals surface area contributed by atoms with E-state index in [1.54, 1.807) is 6.08 Å². The molecule has 19 nitrogen and oxygen atoms in total. The van der Waals surface area contributed by atoms with Crippen molar-refractivity contribution in [2.24, 2.45) is 0 Å². The molecule has 3 aliphatic rings. The summed E-state index contributed by atoms with van der Waals surface area (Å²) in [5, 5.41) is 119. The van der Waals surface area contributed by atoms with Crippen LogP contribution in [0.2, 0.25) is 0 Å². The van der Waals surface area contributed by atoms with E-state index < -0.39 is 124 Å². The topological polar surface area (TPSA) is 307 Å². The number of nitrogens with one attached hydrogen (secondary N) is 1. The van der Waals surface area contributed by atoms with Crippen LogP contribution in [0.25, 0.3) is 0 Å². The first-order valence-corrected chi connectivity index (χ1v) is 27.5. The zero-order chi connectivity index (χ0) is 55.5. The molecule has 3 rings (SSSR count). The average Bonchev–Trinajstić information content (AvgIpc) is 3.42. The quantitative estimate of drug-likeness (QED) is 0.0313. The molecule has 17 unspecified atom stereocenters. The van der Waals surface area contributed by atoms with Crippen LogP contribution < -0.4 is 5.32 Å². The van der Waals surface area contributed by atoms with Gasteiger partial charge in [0.2, 0.25) is 5.91 Å². The van der Waals surface area contributed by atoms with Crippen molar-refractivity contribution in [2.75, 3.05) is 26.4 Å². The van der Waals surface area contributed by atoms with Crippen LogP contribution in [-0.2, 0) is 33.2 Å². The van der Waals surface area contributed by atoms with E-state index in [0.29, 0.717) is 19.3 Å². The van der Waals surface area contributed by atoms with Gasteiger partial charge in [-0.1, -0.05) is 143 Å². The molecule has 0 spiro atoms. The lowest BCUT2D eigenvalue weighted by Gasteiger charge is -2.48. The fourth-order valence-corrected chi connectivity index (χ4v) is 8.59. The summed E-state index contributed by atoms with van der Waals surface area (Å²) in [7, 11) is 0. The number of aliphatic hydroxyl groups excluding tert-OH is 11. The molecule has 0 aromatic carbocycles. The Balaban J connectivity index is 1.50. The van der Waals surface area contributed by atoms with Gasteiger partial charge in [-0.15, -0.1) is 0 Å². The maximum Gasteiger partial charge on any atom is 0.220 e. The van der Waals surface area contributed by atoms with Crippen LogP contribution in [-0.4, -0.2) is 193 Å². The van der Waals surface area contributed by atoms with Crippen molar-refractivity contribution in [3.63, 3.8) is 0 Å². The Bertz CT molecular complexity index is 1770. The second kappa shape index (κ2) is 40.0. The van der Waals surface area contributed by atoms with Crippen molar-refractivity contribution in [1.82, 2.24) is 5.32 Å². The van der Waals surface area contributed by atoms with Crippen molar-refractivity contribution in [3.8, 4) is 0 Å². The van der Waals surface area contributed by atoms with Crippen LogP contribution in [0.4, 0.5) is 0 Å². The predicted octanol–water partition coefficient (Wildman–Crippen LogP) is 3.42. The van der Waals surface area contributed by atoms with Gasteiger partial charge in [0.15, 0.2) is 18.9 Å². The maximum absolute atomic E-state index is 13.2. The van der Waals surface area contributed by atoms with E-state index >= 15 is 0 Å². The van der Waals surface area contributed by atoms with Gasteiger partial charge in [-0.2, -0.15) is 0 Å². The zero-order valence-electron chi connectivity index (χ0n) is 44.7. The largest absolute Gasteiger partial charge is 0.394 e. The SMILES string of the molecule is CC/C=C\C/C=C\C/C=C\C/C=C\C/C=C\C/C=C\C/C=C\CCCC(=O)NC(COC1OC(CO)C(OC2OC(CO)C(OC3OC(CO)C(O)C(O)C3O)C(O)C2O)C(O)C1O)C(O)/C=C/CCCCCCCC. The summed E-state index contributed by atoms with van der Waals surface area (Å²) >= 11 is 0. The van der Waals surface area contributed by atoms with Crippen LogP contribution in [0.15, 0.2) is 97.2 Å². The van der Waals surface area contributed by atoms with Crippen LogP contribution in [0.5, 0.6) is 0 Å². The van der Waals surface area contributed by atoms with Gasteiger partial charge in [-0.25, -0.2) is 0 Å². The lowest BCUT2D eigenvalue weighted by molar-refractivity contribution is -0.379. The average molecular weight is 1080 g/mol. The molecule has 19 heteroatoms. The number of amides is 1. The van der Waals surface area contributed by atoms with E-state index in [1.807, 2.05) is 18.2 Å². The first-order valence-electron chi connectivity index (χ1n) is 27.5. The molecule has 0 aromatic heterocycles. The number of hydrogen-bond acceptors (Lipinski definition) is 18. The third kappa shape index (κ3) is 24.4. The maximum atomic E-state index is 13.2. The molecule has 0 aliphatic carbocycles. The van der Waals surface area contributed by atoms with E-state index in [-0.39, 0.29) is 18.9 Å². The Labute approximate surface area is 450 Å². The van der Waals surface area contributed by atoms with Gasteiger partial charge in [0.1, 0.15) is 73.2 Å². The fraction of sp³-hybridized carbons (Fsp3) is 0.702. The Morgan fingerprint density at radius 1 is 0.487 bits per heavy atom. The van der Waals surface area contributed by atoms with Crippen molar-refractivity contribution in [2.45, 2.75) is 227 Å². The molecular formula is C57H93NO18. The second-order valence-electron chi connectivity index (χ2n) is 19.3. The molecule has 1 amide bonds. The first-order chi connectivity index (χ1) is 36.8. The van der Waals surface area contributed by atoms with E-state index in [9.17, 15) is 61.0 Å². The highest BCUT2D eigenvalue weighted by Crippen LogP contribution is 2.33. The molecule has 434 valence electrons. The molecule has 3 heterocycles. The second-order valence-corrected chi connectivity index (χ2v) is 19.3. The Morgan fingerprint density at radius 2 is 0.908 bits per heavy atom. The number of carbonyl (C=O) groups is 1. The number of ether oxygens (including phenoxy) is 6. The molecule has 0 saturated carbocycles. The number of unbranched alkanes of at least 4 members (excludes halogenated alkanes) is 7. The van der Waals surface area contributed by atoms with Gasteiger partial charge in [0.05, 0.1) is 38.6 Å². The highest BCUT2D eigenvalue weighted by Gasteiger charge is 2.53. The molecule has 76 heavy (non-hydrogen) atoms. The summed E-state index contributed by atoms with van der Waals surface area (Å²) in [6, 6.07) is -1.01. The monoisotopic (exact) mass is 1080 g/mol. The normalized spacial score (nSPS) is 31.7. The number of carbonyl (C=O) groups excluding carboxylic acids is 1. The van der Waals surface area contributed by atoms with E-state index in [4.69, 9.17) is 28.4 Å². The van der Waals surface area contributed by atoms with Gasteiger partial charge in [-0.3, -0.25) is 4.79 Å². The molecular weight excluding hydrogens is 987 g/mol. The summed E-state index contributed by atoms with van der Waals surface area (Å²) in [4.78, 5) is 13.2. The lowest BCUT2D eigenvalue weighted by Crippen LogP contribution is -2.66. The van der Waals surface area contributed by atoms with E-state index in [1.165, 1.54) is 6.42 Å². The molecule has 3 fully saturated rings. The Morgan fingerprint density at radius 3 is 1.41 bits per heavy atom. The Hall–Kier alpha value is -3.29. The summed E-state index contributed by atoms with van der Waals surface area (Å²) in [6.07, 6.45) is 21.5. The van der Waals surface area contributed by atoms with Crippen molar-refractivity contribution in [3.05, 3.63) is 97.2 Å². The number of rotatable bonds is 37. The van der Waals surface area contributed by atoms with Gasteiger partial charge in [-0.05, 0) is 70.6 Å². The zero-order valence-corrected chi connectivity index (χ0v) is 44.7. The highest BCUT2D eigenvalue weighted by atomic mass is 16.8. The van der Waals surface area contributed by atoms with Crippen molar-refractivity contribution in [1.29, 1.82) is 0 Å². The molecule has 0 radical (unpaired) electrons. The smallest absolute Gasteiger partial charge is 0.220 e. The molecule has 0 bridgehead atoms. The Kier molecular flexibility index (Phi) is 35.2. The minimum absolute atomic E-state index is 0.156. The van der Waals surface area contributed by atoms with Crippen molar-refractivity contribution >= 4 is 5.91 Å². The molecule has 3 aliphatic heterocycles. The number of aliphatic hydroxyl groups is 11. The van der Waals surface area contributed by atoms with Gasteiger partial charge < -0.3 is 89.9 Å². The highest BCUT2D eigenvalue weighted by molar-refractivity contribution is 5.76. The minimum Gasteiger partial charge on any atom is -0.394 e. The fourth-order valence-electron chi connectivity index (χ4n) is 8.59. The van der Waals surface area contributed by atoms with Crippen molar-refractivity contribution < 1.29 is 89.4 Å². The third-order valence-corrected chi connectivity index (χ3v) is 13.1. The van der Waals surface area contributed by atoms with Crippen LogP contribution in [0, 0.1) is 0 Å². The van der Waals surface area contributed by atoms with Gasteiger partial charge in [0.25, 0.3) is 0 Å². The lowest BCUT2D eigenvalue weighted by atomic mass is 9.96. The summed E-state index contributed by atoms with van der Waals surface area (Å²) in [6.45, 7) is 1.46. The third-order valence-electron chi connectivity index (χ3n) is 13.1. The standard InChI is InChI=1S/C57H93NO18/c1-3-5-7-9-11-13-14-15-16-17-18-19-20-21-22-23-24-25-26-27-29-31-33-35-45(63)58-40(41(62)34-32-30-28-12-10-8-6-4-2)39-71-55-51(69)48(66)53(43(37-60)73-55)76-57-52(70)49(67)54(44(38-61)74-57)75-56-50(68)47(65)46(64)42(36-59)72-56/h5,7,11,13,15-16,18-19,21-22,24-25,27,29,32,34,40-44,46-57,59-62,64-70H,3-4,6,8-10,12,14,17,20,23,26,28,30-31,33,35-39H2,1-2H3,(H,58,63)/b7-5-,13-11-,16-15-,19-18-,22-21-,25-24-,29-27-,34-32+. The summed E-state index contributed by atoms with van der Waals surface area (Å²) in [5.74, 6) is -0.343. The van der Waals surface area contributed by atoms with Gasteiger partial charge in [0, 0.05) is 6.42 Å². The van der Waals surface area contributed by atoms with Crippen LogP contribution in [0.1, 0.15) is 123 Å². The predicted molar refractivity (Wildman–Crippen MR) is 286 cm³/mol. The molecule has 3 saturated heterocycles. The van der Waals surface area contributed by atoms with Gasteiger partial charge >= 0.3 is 0 Å². The molecule has 12 N–H and O–H groups in total. The summed E-state index contributed by atoms with van der Waals surface area (Å²) in [5.41, 5.74) is 0. The van der Waals surface area contributed by atoms with Crippen LogP contribution in [0.3, 0.4) is 0 Å². The van der Waals surface area contributed by atoms with E-state index in [0.717, 1.165) is 77.0 Å². The molecule has 17 atom stereocenters. The number of allylic oxidation sites excluding steroid dienone is 15. The summed E-state index contributed by atoms with van der Waals surface area (Å²) < 4.78 is 34.0. The number of hydrogen-bond donors (Lipinski definition) is 12. The van der Waals surface area contributed by atoms with E-state index in [2.05, 4.69) is 92.1 Å².